The van der Waals surface area contributed by atoms with Gasteiger partial charge in [-0.25, -0.2) is 9.97 Å². The highest BCUT2D eigenvalue weighted by atomic mass is 32.2. The summed E-state index contributed by atoms with van der Waals surface area (Å²) in [7, 11) is 0. The van der Waals surface area contributed by atoms with Gasteiger partial charge in [0.25, 0.3) is 0 Å². The molecule has 1 aromatic heterocycles. The lowest BCUT2D eigenvalue weighted by Crippen LogP contribution is -2.16. The molecule has 1 aromatic rings. The lowest BCUT2D eigenvalue weighted by atomic mass is 10.3. The SMILES string of the molecule is CCCNc1cc(NCCCCSC)nc(C(F)(F)F)n1. The number of thioether (sulfide) groups is 1. The summed E-state index contributed by atoms with van der Waals surface area (Å²) < 4.78 is 38.3. The van der Waals surface area contributed by atoms with E-state index in [0.29, 0.717) is 13.1 Å². The maximum atomic E-state index is 12.8. The van der Waals surface area contributed by atoms with Gasteiger partial charge in [0.15, 0.2) is 0 Å². The van der Waals surface area contributed by atoms with Crippen LogP contribution in [0.5, 0.6) is 0 Å². The Bertz CT molecular complexity index is 426. The van der Waals surface area contributed by atoms with Crippen molar-refractivity contribution in [2.75, 3.05) is 35.7 Å². The fourth-order valence-electron chi connectivity index (χ4n) is 1.60. The van der Waals surface area contributed by atoms with Crippen molar-refractivity contribution in [3.63, 3.8) is 0 Å². The first kappa shape index (κ1) is 17.9. The Balaban J connectivity index is 2.72. The fraction of sp³-hybridized carbons (Fsp3) is 0.692. The number of hydrogen-bond acceptors (Lipinski definition) is 5. The molecule has 120 valence electrons. The van der Waals surface area contributed by atoms with Crippen molar-refractivity contribution in [2.24, 2.45) is 0 Å². The zero-order valence-electron chi connectivity index (χ0n) is 12.3. The molecular formula is C13H21F3N4S. The van der Waals surface area contributed by atoms with Gasteiger partial charge < -0.3 is 10.6 Å². The Morgan fingerprint density at radius 3 is 2.24 bits per heavy atom. The molecule has 2 N–H and O–H groups in total. The van der Waals surface area contributed by atoms with Crippen molar-refractivity contribution in [1.29, 1.82) is 0 Å². The third-order valence-corrected chi connectivity index (χ3v) is 3.31. The van der Waals surface area contributed by atoms with Crippen LogP contribution in [0.15, 0.2) is 6.07 Å². The molecule has 0 saturated carbocycles. The van der Waals surface area contributed by atoms with Crippen molar-refractivity contribution in [2.45, 2.75) is 32.4 Å². The van der Waals surface area contributed by atoms with E-state index < -0.39 is 12.0 Å². The smallest absolute Gasteiger partial charge is 0.370 e. The summed E-state index contributed by atoms with van der Waals surface area (Å²) in [6.07, 6.45) is 0.206. The third-order valence-electron chi connectivity index (χ3n) is 2.62. The third kappa shape index (κ3) is 6.88. The molecule has 0 unspecified atom stereocenters. The van der Waals surface area contributed by atoms with Crippen molar-refractivity contribution in [1.82, 2.24) is 9.97 Å². The summed E-state index contributed by atoms with van der Waals surface area (Å²) in [6, 6.07) is 1.51. The lowest BCUT2D eigenvalue weighted by Gasteiger charge is -2.12. The summed E-state index contributed by atoms with van der Waals surface area (Å²) in [4.78, 5) is 7.05. The summed E-state index contributed by atoms with van der Waals surface area (Å²) in [6.45, 7) is 3.10. The molecule has 1 rings (SSSR count). The lowest BCUT2D eigenvalue weighted by molar-refractivity contribution is -0.144. The quantitative estimate of drug-likeness (QED) is 0.676. The molecular weight excluding hydrogens is 301 g/mol. The van der Waals surface area contributed by atoms with Crippen LogP contribution in [0.2, 0.25) is 0 Å². The van der Waals surface area contributed by atoms with Gasteiger partial charge in [-0.2, -0.15) is 24.9 Å². The molecule has 0 spiro atoms. The van der Waals surface area contributed by atoms with Crippen LogP contribution < -0.4 is 10.6 Å². The standard InChI is InChI=1S/C13H21F3N4S/c1-3-6-17-10-9-11(18-7-4-5-8-21-2)20-12(19-10)13(14,15)16/h9H,3-8H2,1-2H3,(H2,17,18,19,20). The van der Waals surface area contributed by atoms with Crippen LogP contribution in [0.3, 0.4) is 0 Å². The van der Waals surface area contributed by atoms with Crippen molar-refractivity contribution in [3.8, 4) is 0 Å². The molecule has 0 aliphatic carbocycles. The first-order chi connectivity index (χ1) is 9.97. The molecule has 0 aliphatic rings. The van der Waals surface area contributed by atoms with Crippen LogP contribution in [-0.4, -0.2) is 35.1 Å². The van der Waals surface area contributed by atoms with Crippen LogP contribution in [0.4, 0.5) is 24.8 Å². The highest BCUT2D eigenvalue weighted by Crippen LogP contribution is 2.28. The maximum absolute atomic E-state index is 12.8. The zero-order chi connectivity index (χ0) is 15.7. The van der Waals surface area contributed by atoms with Crippen molar-refractivity contribution >= 4 is 23.4 Å². The molecule has 0 atom stereocenters. The van der Waals surface area contributed by atoms with Gasteiger partial charge in [-0.15, -0.1) is 0 Å². The second-order valence-corrected chi connectivity index (χ2v) is 5.50. The van der Waals surface area contributed by atoms with E-state index in [1.54, 1.807) is 11.8 Å². The topological polar surface area (TPSA) is 49.8 Å². The van der Waals surface area contributed by atoms with E-state index in [2.05, 4.69) is 20.6 Å². The van der Waals surface area contributed by atoms with Gasteiger partial charge in [-0.1, -0.05) is 6.92 Å². The molecule has 21 heavy (non-hydrogen) atoms. The number of nitrogens with one attached hydrogen (secondary N) is 2. The first-order valence-electron chi connectivity index (χ1n) is 6.90. The van der Waals surface area contributed by atoms with Gasteiger partial charge in [0, 0.05) is 19.2 Å². The van der Waals surface area contributed by atoms with Gasteiger partial charge in [-0.05, 0) is 31.3 Å². The van der Waals surface area contributed by atoms with Gasteiger partial charge in [0.2, 0.25) is 5.82 Å². The van der Waals surface area contributed by atoms with Gasteiger partial charge >= 0.3 is 6.18 Å². The minimum absolute atomic E-state index is 0.200. The molecule has 0 bridgehead atoms. The number of alkyl halides is 3. The molecule has 0 aliphatic heterocycles. The highest BCUT2D eigenvalue weighted by Gasteiger charge is 2.35. The van der Waals surface area contributed by atoms with E-state index in [0.717, 1.165) is 25.0 Å². The average molecular weight is 322 g/mol. The largest absolute Gasteiger partial charge is 0.451 e. The fourth-order valence-corrected chi connectivity index (χ4v) is 2.09. The predicted octanol–water partition coefficient (Wildman–Crippen LogP) is 3.87. The van der Waals surface area contributed by atoms with Crippen LogP contribution in [-0.2, 0) is 6.18 Å². The Labute approximate surface area is 127 Å². The number of hydrogen-bond donors (Lipinski definition) is 2. The van der Waals surface area contributed by atoms with E-state index in [4.69, 9.17) is 0 Å². The van der Waals surface area contributed by atoms with Gasteiger partial charge in [0.05, 0.1) is 0 Å². The summed E-state index contributed by atoms with van der Waals surface area (Å²) >= 11 is 1.75. The number of aromatic nitrogens is 2. The number of unbranched alkanes of at least 4 members (excludes halogenated alkanes) is 1. The first-order valence-corrected chi connectivity index (χ1v) is 8.29. The Morgan fingerprint density at radius 2 is 1.71 bits per heavy atom. The van der Waals surface area contributed by atoms with Crippen LogP contribution in [0, 0.1) is 0 Å². The average Bonchev–Trinajstić information content (AvgIpc) is 2.44. The van der Waals surface area contributed by atoms with Crippen LogP contribution >= 0.6 is 11.8 Å². The van der Waals surface area contributed by atoms with E-state index in [9.17, 15) is 13.2 Å². The Morgan fingerprint density at radius 1 is 1.10 bits per heavy atom. The minimum atomic E-state index is -4.54. The summed E-state index contributed by atoms with van der Waals surface area (Å²) in [5.41, 5.74) is 0. The Hall–Kier alpha value is -1.18. The second-order valence-electron chi connectivity index (χ2n) is 4.51. The molecule has 0 aromatic carbocycles. The van der Waals surface area contributed by atoms with Crippen molar-refractivity contribution in [3.05, 3.63) is 11.9 Å². The van der Waals surface area contributed by atoms with Crippen LogP contribution in [0.25, 0.3) is 0 Å². The van der Waals surface area contributed by atoms with E-state index >= 15 is 0 Å². The number of rotatable bonds is 9. The summed E-state index contributed by atoms with van der Waals surface area (Å²) in [5.74, 6) is 0.337. The molecule has 1 heterocycles. The molecule has 0 fully saturated rings. The molecule has 4 nitrogen and oxygen atoms in total. The van der Waals surface area contributed by atoms with Crippen molar-refractivity contribution < 1.29 is 13.2 Å². The zero-order valence-corrected chi connectivity index (χ0v) is 13.1. The van der Waals surface area contributed by atoms with Gasteiger partial charge in [-0.3, -0.25) is 0 Å². The number of anilines is 2. The molecule has 0 amide bonds. The van der Waals surface area contributed by atoms with Crippen LogP contribution in [0.1, 0.15) is 32.0 Å². The normalized spacial score (nSPS) is 11.5. The van der Waals surface area contributed by atoms with E-state index in [-0.39, 0.29) is 11.6 Å². The van der Waals surface area contributed by atoms with E-state index in [1.165, 1.54) is 6.07 Å². The molecule has 0 radical (unpaired) electrons. The van der Waals surface area contributed by atoms with Gasteiger partial charge in [0.1, 0.15) is 11.6 Å². The second kappa shape index (κ2) is 8.96. The summed E-state index contributed by atoms with van der Waals surface area (Å²) in [5, 5.41) is 5.80. The number of halogens is 3. The minimum Gasteiger partial charge on any atom is -0.370 e. The van der Waals surface area contributed by atoms with E-state index in [1.807, 2.05) is 13.2 Å². The molecule has 0 saturated heterocycles. The Kier molecular flexibility index (Phi) is 7.63. The predicted molar refractivity (Wildman–Crippen MR) is 81.9 cm³/mol. The molecule has 8 heteroatoms. The monoisotopic (exact) mass is 322 g/mol. The highest BCUT2D eigenvalue weighted by molar-refractivity contribution is 7.98. The maximum Gasteiger partial charge on any atom is 0.451 e. The number of nitrogens with zero attached hydrogens (tertiary/aromatic N) is 2.